The maximum atomic E-state index is 13.1. The summed E-state index contributed by atoms with van der Waals surface area (Å²) in [4.78, 5) is 23.2. The van der Waals surface area contributed by atoms with Crippen LogP contribution < -0.4 is 4.72 Å². The molecule has 0 amide bonds. The summed E-state index contributed by atoms with van der Waals surface area (Å²) in [6.07, 6.45) is 0.509. The highest BCUT2D eigenvalue weighted by Gasteiger charge is 2.17. The van der Waals surface area contributed by atoms with Crippen LogP contribution in [0.3, 0.4) is 0 Å². The molecule has 1 N–H and O–H groups in total. The van der Waals surface area contributed by atoms with Crippen molar-refractivity contribution in [3.05, 3.63) is 65.2 Å². The summed E-state index contributed by atoms with van der Waals surface area (Å²) in [5.41, 5.74) is 1.48. The summed E-state index contributed by atoms with van der Waals surface area (Å²) in [6.45, 7) is 1.21. The van der Waals surface area contributed by atoms with E-state index in [4.69, 9.17) is 4.74 Å². The molecule has 0 radical (unpaired) electrons. The van der Waals surface area contributed by atoms with Crippen LogP contribution in [0.1, 0.15) is 29.3 Å². The van der Waals surface area contributed by atoms with E-state index in [1.165, 1.54) is 0 Å². The van der Waals surface area contributed by atoms with Crippen molar-refractivity contribution in [2.24, 2.45) is 0 Å². The van der Waals surface area contributed by atoms with E-state index in [1.54, 1.807) is 12.1 Å². The van der Waals surface area contributed by atoms with Gasteiger partial charge in [0.15, 0.2) is 24.0 Å². The summed E-state index contributed by atoms with van der Waals surface area (Å²) >= 11 is 0. The molecule has 0 saturated carbocycles. The van der Waals surface area contributed by atoms with Crippen LogP contribution in [0.2, 0.25) is 0 Å². The van der Waals surface area contributed by atoms with Gasteiger partial charge in [-0.1, -0.05) is 31.2 Å². The molecule has 2 aromatic rings. The summed E-state index contributed by atoms with van der Waals surface area (Å²) in [6, 6.07) is 9.04. The average Bonchev–Trinajstić information content (AvgIpc) is 2.68. The molecule has 0 bridgehead atoms. The lowest BCUT2D eigenvalue weighted by molar-refractivity contribution is -0.142. The molecular weight excluding hydrogens is 392 g/mol. The van der Waals surface area contributed by atoms with E-state index in [0.29, 0.717) is 17.7 Å². The molecule has 6 nitrogen and oxygen atoms in total. The topological polar surface area (TPSA) is 89.5 Å². The van der Waals surface area contributed by atoms with Gasteiger partial charge in [-0.25, -0.2) is 21.9 Å². The van der Waals surface area contributed by atoms with E-state index >= 15 is 0 Å². The summed E-state index contributed by atoms with van der Waals surface area (Å²) in [7, 11) is -4.11. The first kappa shape index (κ1) is 21.6. The van der Waals surface area contributed by atoms with Crippen molar-refractivity contribution < 1.29 is 31.5 Å². The van der Waals surface area contributed by atoms with Gasteiger partial charge in [-0.2, -0.15) is 0 Å². The number of hydrogen-bond donors (Lipinski definition) is 1. The largest absolute Gasteiger partial charge is 0.457 e. The van der Waals surface area contributed by atoms with Crippen LogP contribution in [-0.2, 0) is 26.0 Å². The van der Waals surface area contributed by atoms with Gasteiger partial charge in [0.2, 0.25) is 10.0 Å². The van der Waals surface area contributed by atoms with Crippen LogP contribution in [0.5, 0.6) is 0 Å². The number of halogens is 2. The molecule has 0 fully saturated rings. The van der Waals surface area contributed by atoms with Gasteiger partial charge in [-0.15, -0.1) is 0 Å². The Morgan fingerprint density at radius 2 is 1.71 bits per heavy atom. The number of Topliss-reactive ketones (excluding diaryl/α,β-unsaturated/α-hetero) is 1. The van der Waals surface area contributed by atoms with Crippen LogP contribution in [-0.4, -0.2) is 33.3 Å². The number of aryl methyl sites for hydroxylation is 1. The van der Waals surface area contributed by atoms with E-state index in [-0.39, 0.29) is 18.7 Å². The quantitative estimate of drug-likeness (QED) is 0.506. The van der Waals surface area contributed by atoms with E-state index < -0.39 is 39.1 Å². The Morgan fingerprint density at radius 3 is 2.32 bits per heavy atom. The van der Waals surface area contributed by atoms with Crippen molar-refractivity contribution in [1.29, 1.82) is 0 Å². The maximum absolute atomic E-state index is 13.1. The zero-order chi connectivity index (χ0) is 20.7. The van der Waals surface area contributed by atoms with Crippen molar-refractivity contribution in [3.8, 4) is 0 Å². The zero-order valence-electron chi connectivity index (χ0n) is 15.1. The lowest BCUT2D eigenvalue weighted by Gasteiger charge is -2.08. The van der Waals surface area contributed by atoms with Gasteiger partial charge in [0.25, 0.3) is 0 Å². The lowest BCUT2D eigenvalue weighted by atomic mass is 10.1. The number of ketones is 1. The van der Waals surface area contributed by atoms with Gasteiger partial charge in [-0.3, -0.25) is 9.59 Å². The first-order valence-corrected chi connectivity index (χ1v) is 9.93. The minimum absolute atomic E-state index is 0.320. The first-order valence-electron chi connectivity index (χ1n) is 8.45. The number of nitrogens with one attached hydrogen (secondary N) is 1. The van der Waals surface area contributed by atoms with Crippen LogP contribution in [0.4, 0.5) is 8.78 Å². The van der Waals surface area contributed by atoms with Crippen molar-refractivity contribution in [3.63, 3.8) is 0 Å². The number of rotatable bonds is 9. The Bertz CT molecular complexity index is 959. The molecule has 28 heavy (non-hydrogen) atoms. The first-order chi connectivity index (χ1) is 13.2. The third-order valence-corrected chi connectivity index (χ3v) is 5.33. The molecule has 0 spiro atoms. The van der Waals surface area contributed by atoms with Gasteiger partial charge >= 0.3 is 5.97 Å². The van der Waals surface area contributed by atoms with Gasteiger partial charge in [0.05, 0.1) is 11.3 Å². The van der Waals surface area contributed by atoms with Crippen LogP contribution in [0.15, 0.2) is 47.4 Å². The fourth-order valence-electron chi connectivity index (χ4n) is 2.24. The van der Waals surface area contributed by atoms with Gasteiger partial charge in [-0.05, 0) is 30.2 Å². The molecule has 0 atom stereocenters. The zero-order valence-corrected chi connectivity index (χ0v) is 15.9. The van der Waals surface area contributed by atoms with Crippen LogP contribution in [0, 0.1) is 11.6 Å². The molecule has 150 valence electrons. The van der Waals surface area contributed by atoms with Crippen molar-refractivity contribution >= 4 is 21.8 Å². The smallest absolute Gasteiger partial charge is 0.307 e. The normalized spacial score (nSPS) is 11.2. The highest BCUT2D eigenvalue weighted by atomic mass is 32.2. The minimum Gasteiger partial charge on any atom is -0.457 e. The third kappa shape index (κ3) is 5.93. The molecule has 0 aliphatic rings. The van der Waals surface area contributed by atoms with Crippen molar-refractivity contribution in [2.75, 3.05) is 13.2 Å². The number of ether oxygens (including phenoxy) is 1. The number of sulfonamides is 1. The van der Waals surface area contributed by atoms with Crippen LogP contribution in [0.25, 0.3) is 0 Å². The highest BCUT2D eigenvalue weighted by Crippen LogP contribution is 2.13. The fraction of sp³-hybridized carbons (Fsp3) is 0.263. The second kappa shape index (κ2) is 9.52. The number of esters is 1. The second-order valence-electron chi connectivity index (χ2n) is 5.86. The molecule has 0 saturated heterocycles. The van der Waals surface area contributed by atoms with Crippen molar-refractivity contribution in [1.82, 2.24) is 4.72 Å². The molecule has 0 aliphatic carbocycles. The molecule has 0 aliphatic heterocycles. The number of benzene rings is 2. The predicted octanol–water partition coefficient (Wildman–Crippen LogP) is 2.62. The van der Waals surface area contributed by atoms with Crippen molar-refractivity contribution in [2.45, 2.75) is 24.7 Å². The number of carbonyl (C=O) groups excluding carboxylic acids is 2. The van der Waals surface area contributed by atoms with Gasteiger partial charge in [0.1, 0.15) is 0 Å². The molecule has 0 heterocycles. The average molecular weight is 411 g/mol. The SMILES string of the molecule is CCc1ccc(C(=O)COC(=O)CCNS(=O)(=O)c2ccc(F)c(F)c2)cc1. The minimum atomic E-state index is -4.11. The maximum Gasteiger partial charge on any atom is 0.307 e. The highest BCUT2D eigenvalue weighted by molar-refractivity contribution is 7.89. The molecule has 2 aromatic carbocycles. The Labute approximate surface area is 161 Å². The van der Waals surface area contributed by atoms with Crippen LogP contribution >= 0.6 is 0 Å². The number of hydrogen-bond acceptors (Lipinski definition) is 5. The summed E-state index contributed by atoms with van der Waals surface area (Å²) in [5.74, 6) is -3.62. The monoisotopic (exact) mass is 411 g/mol. The molecule has 0 aromatic heterocycles. The second-order valence-corrected chi connectivity index (χ2v) is 7.62. The number of carbonyl (C=O) groups is 2. The van der Waals surface area contributed by atoms with E-state index in [9.17, 15) is 26.8 Å². The predicted molar refractivity (Wildman–Crippen MR) is 97.3 cm³/mol. The Balaban J connectivity index is 1.80. The summed E-state index contributed by atoms with van der Waals surface area (Å²) < 4.78 is 56.9. The standard InChI is InChI=1S/C19H19F2NO5S/c1-2-13-3-5-14(6-4-13)18(23)12-27-19(24)9-10-22-28(25,26)15-7-8-16(20)17(21)11-15/h3-8,11,22H,2,9-10,12H2,1H3. The Morgan fingerprint density at radius 1 is 1.04 bits per heavy atom. The lowest BCUT2D eigenvalue weighted by Crippen LogP contribution is -2.27. The molecule has 9 heteroatoms. The van der Waals surface area contributed by atoms with E-state index in [1.807, 2.05) is 19.1 Å². The Kier molecular flexibility index (Phi) is 7.36. The Hall–Kier alpha value is -2.65. The van der Waals surface area contributed by atoms with E-state index in [0.717, 1.165) is 18.1 Å². The third-order valence-electron chi connectivity index (χ3n) is 3.87. The van der Waals surface area contributed by atoms with E-state index in [2.05, 4.69) is 4.72 Å². The fourth-order valence-corrected chi connectivity index (χ4v) is 3.29. The molecule has 2 rings (SSSR count). The van der Waals surface area contributed by atoms with Gasteiger partial charge < -0.3 is 4.74 Å². The summed E-state index contributed by atoms with van der Waals surface area (Å²) in [5, 5.41) is 0. The van der Waals surface area contributed by atoms with Gasteiger partial charge in [0, 0.05) is 12.1 Å². The molecular formula is C19H19F2NO5S. The molecule has 0 unspecified atom stereocenters.